The zero-order chi connectivity index (χ0) is 21.1. The molecule has 0 spiro atoms. The molecule has 0 fully saturated rings. The van der Waals surface area contributed by atoms with Gasteiger partial charge < -0.3 is 9.47 Å². The summed E-state index contributed by atoms with van der Waals surface area (Å²) in [4.78, 5) is 10.8. The lowest BCUT2D eigenvalue weighted by Crippen LogP contribution is -2.22. The molecule has 28 heavy (non-hydrogen) atoms. The third-order valence-corrected chi connectivity index (χ3v) is 6.62. The normalized spacial score (nSPS) is 11.9. The minimum Gasteiger partial charge on any atom is -0.434 e. The second-order valence-electron chi connectivity index (χ2n) is 7.12. The van der Waals surface area contributed by atoms with Gasteiger partial charge in [-0.1, -0.05) is 31.2 Å². The van der Waals surface area contributed by atoms with Crippen molar-refractivity contribution in [1.29, 1.82) is 0 Å². The van der Waals surface area contributed by atoms with Crippen molar-refractivity contribution in [1.82, 2.24) is 9.78 Å². The zero-order valence-electron chi connectivity index (χ0n) is 15.4. The summed E-state index contributed by atoms with van der Waals surface area (Å²) in [7, 11) is -1.32. The predicted molar refractivity (Wildman–Crippen MR) is 108 cm³/mol. The monoisotopic (exact) mass is 497 g/mol. The van der Waals surface area contributed by atoms with Gasteiger partial charge in [-0.25, -0.2) is 4.68 Å². The van der Waals surface area contributed by atoms with Gasteiger partial charge in [0.1, 0.15) is 18.7 Å². The number of hydrogen-bond donors (Lipinski definition) is 0. The lowest BCUT2D eigenvalue weighted by atomic mass is 10.1. The average Bonchev–Trinajstić information content (AvgIpc) is 2.97. The van der Waals surface area contributed by atoms with Crippen LogP contribution < -0.4 is 4.74 Å². The Labute approximate surface area is 174 Å². The second kappa shape index (κ2) is 9.29. The summed E-state index contributed by atoms with van der Waals surface area (Å²) in [6.45, 7) is 3.85. The molecular formula is C16H19BrClF2N3O4Si. The van der Waals surface area contributed by atoms with Crippen molar-refractivity contribution in [3.8, 4) is 17.0 Å². The molecule has 0 aliphatic heterocycles. The lowest BCUT2D eigenvalue weighted by molar-refractivity contribution is -0.384. The summed E-state index contributed by atoms with van der Waals surface area (Å²) in [5.74, 6) is -0.266. The third-order valence-electron chi connectivity index (χ3n) is 3.72. The largest absolute Gasteiger partial charge is 0.434 e. The van der Waals surface area contributed by atoms with Gasteiger partial charge in [0.2, 0.25) is 0 Å². The number of ether oxygens (including phenoxy) is 2. The van der Waals surface area contributed by atoms with Crippen molar-refractivity contribution in [2.45, 2.75) is 39.0 Å². The molecule has 2 rings (SSSR count). The Balaban J connectivity index is 2.44. The molecule has 0 saturated heterocycles. The summed E-state index contributed by atoms with van der Waals surface area (Å²) in [5, 5.41) is 15.6. The first-order chi connectivity index (χ1) is 13.0. The smallest absolute Gasteiger partial charge is 0.387 e. The molecule has 1 aromatic heterocycles. The summed E-state index contributed by atoms with van der Waals surface area (Å²) >= 11 is 9.22. The van der Waals surface area contributed by atoms with Crippen LogP contribution in [0.3, 0.4) is 0 Å². The van der Waals surface area contributed by atoms with Crippen LogP contribution in [0.15, 0.2) is 22.8 Å². The highest BCUT2D eigenvalue weighted by atomic mass is 79.9. The number of benzene rings is 1. The van der Waals surface area contributed by atoms with Gasteiger partial charge in [0.15, 0.2) is 5.69 Å². The molecule has 0 aliphatic carbocycles. The lowest BCUT2D eigenvalue weighted by Gasteiger charge is -2.16. The molecule has 0 atom stereocenters. The molecule has 0 saturated carbocycles. The van der Waals surface area contributed by atoms with Crippen LogP contribution in [0, 0.1) is 10.1 Å². The summed E-state index contributed by atoms with van der Waals surface area (Å²) < 4.78 is 37.4. The highest BCUT2D eigenvalue weighted by Crippen LogP contribution is 2.41. The molecule has 1 aromatic carbocycles. The van der Waals surface area contributed by atoms with Crippen molar-refractivity contribution in [2.75, 3.05) is 6.61 Å². The molecule has 0 aliphatic rings. The first-order valence-corrected chi connectivity index (χ1v) is 13.1. The maximum atomic E-state index is 12.8. The highest BCUT2D eigenvalue weighted by Gasteiger charge is 2.27. The standard InChI is InChI=1S/C16H19BrClF2N3O4Si/c1-28(2,3)5-4-26-9-22-15(13(8-21-22)23(24)25)10-6-12(18)11(17)7-14(10)27-16(19)20/h6-8,16H,4-5,9H2,1-3H3. The van der Waals surface area contributed by atoms with E-state index in [4.69, 9.17) is 16.3 Å². The van der Waals surface area contributed by atoms with Crippen LogP contribution >= 0.6 is 27.5 Å². The summed E-state index contributed by atoms with van der Waals surface area (Å²) in [5.41, 5.74) is -0.374. The maximum absolute atomic E-state index is 12.8. The van der Waals surface area contributed by atoms with Crippen LogP contribution in [0.5, 0.6) is 5.75 Å². The fraction of sp³-hybridized carbons (Fsp3) is 0.438. The number of alkyl halides is 2. The van der Waals surface area contributed by atoms with Crippen molar-refractivity contribution in [2.24, 2.45) is 0 Å². The number of nitrogens with zero attached hydrogens (tertiary/aromatic N) is 3. The maximum Gasteiger partial charge on any atom is 0.387 e. The fourth-order valence-corrected chi connectivity index (χ4v) is 3.56. The Kier molecular flexibility index (Phi) is 7.54. The number of halogens is 4. The molecule has 154 valence electrons. The quantitative estimate of drug-likeness (QED) is 0.189. The SMILES string of the molecule is C[Si](C)(C)CCOCn1ncc([N+](=O)[O-])c1-c1cc(Cl)c(Br)cc1OC(F)F. The van der Waals surface area contributed by atoms with Crippen molar-refractivity contribution in [3.05, 3.63) is 37.9 Å². The average molecular weight is 499 g/mol. The molecule has 0 bridgehead atoms. The van der Waals surface area contributed by atoms with Crippen molar-refractivity contribution in [3.63, 3.8) is 0 Å². The Bertz CT molecular complexity index is 861. The van der Waals surface area contributed by atoms with Crippen molar-refractivity contribution < 1.29 is 23.2 Å². The van der Waals surface area contributed by atoms with E-state index in [0.29, 0.717) is 11.1 Å². The second-order valence-corrected chi connectivity index (χ2v) is 14.0. The Morgan fingerprint density at radius 2 is 2.07 bits per heavy atom. The highest BCUT2D eigenvalue weighted by molar-refractivity contribution is 9.10. The van der Waals surface area contributed by atoms with E-state index in [9.17, 15) is 18.9 Å². The Morgan fingerprint density at radius 1 is 1.39 bits per heavy atom. The van der Waals surface area contributed by atoms with E-state index in [0.717, 1.165) is 12.2 Å². The molecule has 0 unspecified atom stereocenters. The zero-order valence-corrected chi connectivity index (χ0v) is 18.8. The molecule has 0 radical (unpaired) electrons. The number of rotatable bonds is 9. The van der Waals surface area contributed by atoms with E-state index in [1.54, 1.807) is 0 Å². The third kappa shape index (κ3) is 5.97. The van der Waals surface area contributed by atoms with Gasteiger partial charge in [0, 0.05) is 19.2 Å². The number of nitro groups is 1. The first kappa shape index (κ1) is 22.7. The van der Waals surface area contributed by atoms with Crippen molar-refractivity contribution >= 4 is 41.3 Å². The van der Waals surface area contributed by atoms with E-state index in [1.807, 2.05) is 0 Å². The molecule has 12 heteroatoms. The summed E-state index contributed by atoms with van der Waals surface area (Å²) in [6, 6.07) is 3.44. The Morgan fingerprint density at radius 3 is 2.64 bits per heavy atom. The van der Waals surface area contributed by atoms with Crippen LogP contribution in [-0.2, 0) is 11.5 Å². The molecule has 0 N–H and O–H groups in total. The molecule has 0 amide bonds. The van der Waals surface area contributed by atoms with Gasteiger partial charge in [0.05, 0.1) is 15.5 Å². The Hall–Kier alpha value is -1.56. The summed E-state index contributed by atoms with van der Waals surface area (Å²) in [6.07, 6.45) is 1.04. The van der Waals surface area contributed by atoms with Gasteiger partial charge in [-0.05, 0) is 34.1 Å². The van der Waals surface area contributed by atoms with Crippen LogP contribution in [0.25, 0.3) is 11.3 Å². The van der Waals surface area contributed by atoms with Gasteiger partial charge in [-0.15, -0.1) is 0 Å². The predicted octanol–water partition coefficient (Wildman–Crippen LogP) is 5.79. The van der Waals surface area contributed by atoms with Crippen LogP contribution in [0.1, 0.15) is 0 Å². The minimum atomic E-state index is -3.12. The van der Waals surface area contributed by atoms with E-state index in [1.165, 1.54) is 16.8 Å². The van der Waals surface area contributed by atoms with Crippen LogP contribution in [0.4, 0.5) is 14.5 Å². The topological polar surface area (TPSA) is 79.4 Å². The molecule has 1 heterocycles. The minimum absolute atomic E-state index is 0.0199. The van der Waals surface area contributed by atoms with Gasteiger partial charge in [-0.3, -0.25) is 10.1 Å². The first-order valence-electron chi connectivity index (χ1n) is 8.22. The van der Waals surface area contributed by atoms with Gasteiger partial charge in [-0.2, -0.15) is 13.9 Å². The molecule has 2 aromatic rings. The number of aromatic nitrogens is 2. The van der Waals surface area contributed by atoms with E-state index >= 15 is 0 Å². The molecule has 7 nitrogen and oxygen atoms in total. The van der Waals surface area contributed by atoms with Crippen LogP contribution in [-0.4, -0.2) is 36.0 Å². The van der Waals surface area contributed by atoms with Crippen LogP contribution in [0.2, 0.25) is 30.7 Å². The van der Waals surface area contributed by atoms with Gasteiger partial charge >= 0.3 is 12.3 Å². The van der Waals surface area contributed by atoms with E-state index < -0.39 is 19.6 Å². The fourth-order valence-electron chi connectivity index (χ4n) is 2.32. The van der Waals surface area contributed by atoms with E-state index in [2.05, 4.69) is 45.4 Å². The molecular weight excluding hydrogens is 480 g/mol. The van der Waals surface area contributed by atoms with Gasteiger partial charge in [0.25, 0.3) is 0 Å². The number of hydrogen-bond acceptors (Lipinski definition) is 5. The van der Waals surface area contributed by atoms with E-state index in [-0.39, 0.29) is 34.4 Å².